The van der Waals surface area contributed by atoms with Crippen LogP contribution in [0.25, 0.3) is 0 Å². The van der Waals surface area contributed by atoms with Crippen molar-refractivity contribution < 1.29 is 56.4 Å². The van der Waals surface area contributed by atoms with E-state index in [1.807, 2.05) is 0 Å². The zero-order valence-electron chi connectivity index (χ0n) is 34.7. The van der Waals surface area contributed by atoms with Crippen LogP contribution in [-0.2, 0) is 19.1 Å². The summed E-state index contributed by atoms with van der Waals surface area (Å²) >= 11 is 0. The summed E-state index contributed by atoms with van der Waals surface area (Å²) in [6.45, 7) is 8.48. The van der Waals surface area contributed by atoms with Gasteiger partial charge in [0.25, 0.3) is 0 Å². The van der Waals surface area contributed by atoms with Crippen LogP contribution in [0.15, 0.2) is 86.0 Å². The number of carbonyl (C=O) groups excluding carboxylic acids is 4. The van der Waals surface area contributed by atoms with E-state index in [1.54, 1.807) is 0 Å². The van der Waals surface area contributed by atoms with Crippen LogP contribution in [-0.4, -0.2) is 50.3 Å². The summed E-state index contributed by atoms with van der Waals surface area (Å²) in [5.41, 5.74) is -0.528. The quantitative estimate of drug-likeness (QED) is 0.0260. The van der Waals surface area contributed by atoms with Gasteiger partial charge in [-0.1, -0.05) is 103 Å². The second kappa shape index (κ2) is 29.7. The van der Waals surface area contributed by atoms with Gasteiger partial charge in [-0.05, 0) is 74.2 Å². The van der Waals surface area contributed by atoms with E-state index in [0.717, 1.165) is 128 Å². The minimum atomic E-state index is -0.908. The van der Waals surface area contributed by atoms with Crippen LogP contribution in [0.4, 0.5) is 8.78 Å². The van der Waals surface area contributed by atoms with E-state index in [4.69, 9.17) is 28.4 Å². The Hall–Kier alpha value is -5.52. The van der Waals surface area contributed by atoms with E-state index in [1.165, 1.54) is 60.7 Å². The Morgan fingerprint density at radius 1 is 0.417 bits per heavy atom. The molecule has 12 heteroatoms. The summed E-state index contributed by atoms with van der Waals surface area (Å²) in [5, 5.41) is 0. The van der Waals surface area contributed by atoms with E-state index in [-0.39, 0.29) is 34.6 Å². The molecular weight excluding hydrogens is 775 g/mol. The van der Waals surface area contributed by atoms with Crippen LogP contribution in [0, 0.1) is 11.6 Å². The first-order valence-electron chi connectivity index (χ1n) is 21.2. The van der Waals surface area contributed by atoms with E-state index in [2.05, 4.69) is 13.2 Å². The molecular formula is C48H60F2O10. The van der Waals surface area contributed by atoms with Gasteiger partial charge in [0.1, 0.15) is 34.6 Å². The van der Waals surface area contributed by atoms with Crippen molar-refractivity contribution in [2.24, 2.45) is 0 Å². The Bertz CT molecular complexity index is 1650. The molecule has 0 aliphatic carbocycles. The minimum absolute atomic E-state index is 0.0937. The van der Waals surface area contributed by atoms with Gasteiger partial charge >= 0.3 is 23.9 Å². The smallest absolute Gasteiger partial charge is 0.346 e. The first-order chi connectivity index (χ1) is 29.2. The fourth-order valence-electron chi connectivity index (χ4n) is 6.13. The number of unbranched alkanes of at least 4 members (excludes halogenated alkanes) is 16. The van der Waals surface area contributed by atoms with E-state index >= 15 is 0 Å². The van der Waals surface area contributed by atoms with E-state index in [9.17, 15) is 28.0 Å². The Kier molecular flexibility index (Phi) is 24.1. The molecule has 0 saturated heterocycles. The fourth-order valence-corrected chi connectivity index (χ4v) is 6.13. The zero-order valence-corrected chi connectivity index (χ0v) is 34.7. The maximum absolute atomic E-state index is 14.8. The molecule has 0 saturated carbocycles. The Labute approximate surface area is 353 Å². The van der Waals surface area contributed by atoms with Crippen molar-refractivity contribution in [2.75, 3.05) is 26.4 Å². The number of hydrogen-bond donors (Lipinski definition) is 0. The average Bonchev–Trinajstić information content (AvgIpc) is 3.24. The normalized spacial score (nSPS) is 10.7. The summed E-state index contributed by atoms with van der Waals surface area (Å²) in [6.07, 6.45) is 21.0. The topological polar surface area (TPSA) is 124 Å². The summed E-state index contributed by atoms with van der Waals surface area (Å²) in [6, 6.07) is 13.5. The van der Waals surface area contributed by atoms with Crippen LogP contribution in [0.3, 0.4) is 0 Å². The molecule has 0 atom stereocenters. The lowest BCUT2D eigenvalue weighted by molar-refractivity contribution is -0.138. The molecule has 0 bridgehead atoms. The van der Waals surface area contributed by atoms with Gasteiger partial charge in [-0.2, -0.15) is 0 Å². The summed E-state index contributed by atoms with van der Waals surface area (Å²) < 4.78 is 61.5. The number of carbonyl (C=O) groups is 4. The fraction of sp³-hybridized carbons (Fsp3) is 0.458. The highest BCUT2D eigenvalue weighted by Gasteiger charge is 2.18. The molecule has 60 heavy (non-hydrogen) atoms. The molecule has 10 nitrogen and oxygen atoms in total. The summed E-state index contributed by atoms with van der Waals surface area (Å²) in [7, 11) is 0. The van der Waals surface area contributed by atoms with Gasteiger partial charge in [-0.3, -0.25) is 0 Å². The van der Waals surface area contributed by atoms with Crippen LogP contribution < -0.4 is 18.9 Å². The zero-order chi connectivity index (χ0) is 43.2. The molecule has 0 heterocycles. The highest BCUT2D eigenvalue weighted by atomic mass is 19.1. The Morgan fingerprint density at radius 2 is 0.700 bits per heavy atom. The van der Waals surface area contributed by atoms with Crippen molar-refractivity contribution in [3.63, 3.8) is 0 Å². The molecule has 0 aliphatic heterocycles. The average molecular weight is 835 g/mol. The Balaban J connectivity index is 1.26. The van der Waals surface area contributed by atoms with Crippen LogP contribution in [0.1, 0.15) is 136 Å². The van der Waals surface area contributed by atoms with Gasteiger partial charge in [0.15, 0.2) is 0 Å². The molecule has 0 radical (unpaired) electrons. The first kappa shape index (κ1) is 48.8. The second-order valence-electron chi connectivity index (χ2n) is 14.3. The molecule has 0 unspecified atom stereocenters. The lowest BCUT2D eigenvalue weighted by Gasteiger charge is -2.10. The van der Waals surface area contributed by atoms with Crippen LogP contribution in [0.2, 0.25) is 0 Å². The van der Waals surface area contributed by atoms with Gasteiger partial charge in [0, 0.05) is 24.3 Å². The van der Waals surface area contributed by atoms with E-state index in [0.29, 0.717) is 37.9 Å². The van der Waals surface area contributed by atoms with Crippen molar-refractivity contribution in [1.82, 2.24) is 0 Å². The van der Waals surface area contributed by atoms with Gasteiger partial charge in [-0.25, -0.2) is 28.0 Å². The number of hydrogen-bond acceptors (Lipinski definition) is 10. The van der Waals surface area contributed by atoms with Gasteiger partial charge < -0.3 is 28.4 Å². The lowest BCUT2D eigenvalue weighted by atomic mass is 10.1. The predicted molar refractivity (Wildman–Crippen MR) is 226 cm³/mol. The van der Waals surface area contributed by atoms with Crippen molar-refractivity contribution in [3.05, 3.63) is 109 Å². The molecule has 3 aromatic rings. The third-order valence-electron chi connectivity index (χ3n) is 9.50. The summed E-state index contributed by atoms with van der Waals surface area (Å²) in [4.78, 5) is 47.4. The van der Waals surface area contributed by atoms with Crippen molar-refractivity contribution in [2.45, 2.75) is 116 Å². The molecule has 0 amide bonds. The molecule has 0 aliphatic rings. The summed E-state index contributed by atoms with van der Waals surface area (Å²) in [5.74, 6) is -3.31. The van der Waals surface area contributed by atoms with Crippen molar-refractivity contribution in [1.29, 1.82) is 0 Å². The highest BCUT2D eigenvalue weighted by Crippen LogP contribution is 2.24. The standard InChI is InChI=1S/C48H60F2O10/c1-3-45(51)57-33-21-17-13-9-5-7-11-15-19-31-55-39-27-29-41(43(49)35-39)47(53)59-37-23-25-38(26-24-37)60-48(54)42-30-28-40(36-44(42)50)56-32-20-16-12-8-6-10-14-18-22-34-58-46(52)4-2/h3-4,23-30,35-36H,1-2,5-22,31-34H2. The van der Waals surface area contributed by atoms with Gasteiger partial charge in [-0.15, -0.1) is 0 Å². The minimum Gasteiger partial charge on any atom is -0.493 e. The third kappa shape index (κ3) is 20.4. The largest absolute Gasteiger partial charge is 0.493 e. The molecule has 0 aromatic heterocycles. The Morgan fingerprint density at radius 3 is 1.00 bits per heavy atom. The molecule has 3 aromatic carbocycles. The molecule has 0 N–H and O–H groups in total. The molecule has 326 valence electrons. The first-order valence-corrected chi connectivity index (χ1v) is 21.2. The maximum atomic E-state index is 14.8. The molecule has 0 fully saturated rings. The van der Waals surface area contributed by atoms with Crippen molar-refractivity contribution in [3.8, 4) is 23.0 Å². The lowest BCUT2D eigenvalue weighted by Crippen LogP contribution is -2.12. The van der Waals surface area contributed by atoms with E-state index < -0.39 is 23.6 Å². The number of benzene rings is 3. The van der Waals surface area contributed by atoms with Crippen LogP contribution >= 0.6 is 0 Å². The second-order valence-corrected chi connectivity index (χ2v) is 14.3. The monoisotopic (exact) mass is 834 g/mol. The number of esters is 4. The molecule has 3 rings (SSSR count). The number of rotatable bonds is 32. The van der Waals surface area contributed by atoms with Crippen molar-refractivity contribution >= 4 is 23.9 Å². The highest BCUT2D eigenvalue weighted by molar-refractivity contribution is 5.92. The number of halogens is 2. The predicted octanol–water partition coefficient (Wildman–Crippen LogP) is 11.6. The molecule has 0 spiro atoms. The number of ether oxygens (including phenoxy) is 6. The third-order valence-corrected chi connectivity index (χ3v) is 9.50. The van der Waals surface area contributed by atoms with Gasteiger partial charge in [0.2, 0.25) is 0 Å². The maximum Gasteiger partial charge on any atom is 0.346 e. The van der Waals surface area contributed by atoms with Crippen LogP contribution in [0.5, 0.6) is 23.0 Å². The SMILES string of the molecule is C=CC(=O)OCCCCCCCCCCCOc1ccc(C(=O)Oc2ccc(OC(=O)c3ccc(OCCCCCCCCCCCOC(=O)C=C)cc3F)cc2)c(F)c1. The van der Waals surface area contributed by atoms with Gasteiger partial charge in [0.05, 0.1) is 37.6 Å².